The molecule has 0 saturated heterocycles. The van der Waals surface area contributed by atoms with Gasteiger partial charge in [-0.15, -0.1) is 0 Å². The summed E-state index contributed by atoms with van der Waals surface area (Å²) in [6.07, 6.45) is 1.67. The summed E-state index contributed by atoms with van der Waals surface area (Å²) in [6, 6.07) is 1.61. The molecule has 2 N–H and O–H groups in total. The molecule has 1 aromatic heterocycles. The van der Waals surface area contributed by atoms with E-state index in [4.69, 9.17) is 5.73 Å². The van der Waals surface area contributed by atoms with E-state index in [0.717, 1.165) is 0 Å². The second-order valence-electron chi connectivity index (χ2n) is 4.38. The highest BCUT2D eigenvalue weighted by Crippen LogP contribution is 2.12. The maximum atomic E-state index is 12.1. The monoisotopic (exact) mass is 253 g/mol. The molecule has 0 saturated carbocycles. The van der Waals surface area contributed by atoms with Gasteiger partial charge in [0.05, 0.1) is 18.7 Å². The highest BCUT2D eigenvalue weighted by atomic mass is 16.5. The first-order valence-electron chi connectivity index (χ1n) is 5.62. The second-order valence-corrected chi connectivity index (χ2v) is 4.38. The van der Waals surface area contributed by atoms with Crippen molar-refractivity contribution in [3.63, 3.8) is 0 Å². The predicted molar refractivity (Wildman–Crippen MR) is 68.0 cm³/mol. The number of aromatic nitrogens is 1. The van der Waals surface area contributed by atoms with Gasteiger partial charge in [-0.25, -0.2) is 0 Å². The zero-order valence-corrected chi connectivity index (χ0v) is 11.1. The average Bonchev–Trinajstić information content (AvgIpc) is 2.66. The third-order valence-electron chi connectivity index (χ3n) is 2.74. The van der Waals surface area contributed by atoms with E-state index in [1.807, 2.05) is 0 Å². The van der Waals surface area contributed by atoms with Crippen LogP contribution >= 0.6 is 0 Å². The van der Waals surface area contributed by atoms with Gasteiger partial charge >= 0.3 is 5.97 Å². The van der Waals surface area contributed by atoms with Crippen LogP contribution in [0.4, 0.5) is 5.69 Å². The van der Waals surface area contributed by atoms with Gasteiger partial charge in [0.15, 0.2) is 0 Å². The fourth-order valence-corrected chi connectivity index (χ4v) is 1.77. The predicted octanol–water partition coefficient (Wildman–Crippen LogP) is 0.488. The molecule has 1 unspecified atom stereocenters. The Morgan fingerprint density at radius 2 is 2.17 bits per heavy atom. The van der Waals surface area contributed by atoms with Crippen LogP contribution in [0, 0.1) is 5.92 Å². The van der Waals surface area contributed by atoms with Crippen molar-refractivity contribution >= 4 is 17.6 Å². The van der Waals surface area contributed by atoms with Crippen molar-refractivity contribution in [1.29, 1.82) is 0 Å². The third kappa shape index (κ3) is 3.03. The Bertz CT molecular complexity index is 453. The van der Waals surface area contributed by atoms with Gasteiger partial charge in [0.25, 0.3) is 5.91 Å². The topological polar surface area (TPSA) is 77.6 Å². The van der Waals surface area contributed by atoms with Crippen molar-refractivity contribution in [2.45, 2.75) is 6.92 Å². The molecule has 0 spiro atoms. The van der Waals surface area contributed by atoms with Crippen LogP contribution in [0.15, 0.2) is 12.3 Å². The van der Waals surface area contributed by atoms with Crippen molar-refractivity contribution in [1.82, 2.24) is 9.47 Å². The Morgan fingerprint density at radius 1 is 1.56 bits per heavy atom. The molecule has 18 heavy (non-hydrogen) atoms. The molecule has 0 aliphatic rings. The first-order chi connectivity index (χ1) is 8.36. The molecule has 1 heterocycles. The number of methoxy groups -OCH3 is 1. The van der Waals surface area contributed by atoms with Crippen LogP contribution in [0.3, 0.4) is 0 Å². The largest absolute Gasteiger partial charge is 0.469 e. The highest BCUT2D eigenvalue weighted by molar-refractivity contribution is 5.93. The van der Waals surface area contributed by atoms with Gasteiger partial charge in [0.2, 0.25) is 0 Å². The summed E-state index contributed by atoms with van der Waals surface area (Å²) in [5.74, 6) is -0.868. The number of nitrogens with zero attached hydrogens (tertiary/aromatic N) is 2. The quantitative estimate of drug-likeness (QED) is 0.792. The van der Waals surface area contributed by atoms with Crippen molar-refractivity contribution in [2.75, 3.05) is 26.4 Å². The fourth-order valence-electron chi connectivity index (χ4n) is 1.77. The molecule has 1 amide bonds. The second kappa shape index (κ2) is 5.57. The first-order valence-corrected chi connectivity index (χ1v) is 5.62. The van der Waals surface area contributed by atoms with Gasteiger partial charge in [-0.2, -0.15) is 0 Å². The average molecular weight is 253 g/mol. The van der Waals surface area contributed by atoms with E-state index in [1.54, 1.807) is 37.8 Å². The molecule has 0 aromatic carbocycles. The Morgan fingerprint density at radius 3 is 2.61 bits per heavy atom. The number of amides is 1. The van der Waals surface area contributed by atoms with E-state index in [2.05, 4.69) is 4.74 Å². The Kier molecular flexibility index (Phi) is 4.36. The van der Waals surface area contributed by atoms with Crippen LogP contribution < -0.4 is 5.73 Å². The summed E-state index contributed by atoms with van der Waals surface area (Å²) in [5.41, 5.74) is 6.65. The fraction of sp³-hybridized carbons (Fsp3) is 0.500. The number of nitrogen functional groups attached to an aromatic ring is 1. The number of ether oxygens (including phenoxy) is 1. The van der Waals surface area contributed by atoms with Crippen molar-refractivity contribution in [3.8, 4) is 0 Å². The molecule has 1 atom stereocenters. The van der Waals surface area contributed by atoms with Gasteiger partial charge in [0, 0.05) is 26.8 Å². The molecule has 1 rings (SSSR count). The number of nitrogens with two attached hydrogens (primary N) is 1. The highest BCUT2D eigenvalue weighted by Gasteiger charge is 2.21. The van der Waals surface area contributed by atoms with Gasteiger partial charge in [-0.1, -0.05) is 6.92 Å². The number of hydrogen-bond donors (Lipinski definition) is 1. The normalized spacial score (nSPS) is 12.0. The molecular weight excluding hydrogens is 234 g/mol. The summed E-state index contributed by atoms with van der Waals surface area (Å²) in [6.45, 7) is 2.02. The molecule has 0 radical (unpaired) electrons. The number of hydrogen-bond acceptors (Lipinski definition) is 4. The smallest absolute Gasteiger partial charge is 0.310 e. The van der Waals surface area contributed by atoms with E-state index in [-0.39, 0.29) is 17.8 Å². The van der Waals surface area contributed by atoms with E-state index in [1.165, 1.54) is 12.0 Å². The van der Waals surface area contributed by atoms with Crippen LogP contribution in [0.2, 0.25) is 0 Å². The number of aryl methyl sites for hydroxylation is 1. The minimum absolute atomic E-state index is 0.176. The minimum Gasteiger partial charge on any atom is -0.469 e. The molecule has 1 aromatic rings. The van der Waals surface area contributed by atoms with Crippen molar-refractivity contribution < 1.29 is 14.3 Å². The standard InChI is InChI=1S/C12H19N3O3/c1-8(12(17)18-4)6-15(3)11(16)10-5-9(13)7-14(10)2/h5,7-8H,6,13H2,1-4H3. The van der Waals surface area contributed by atoms with Crippen LogP contribution in [-0.4, -0.2) is 42.0 Å². The number of esters is 1. The van der Waals surface area contributed by atoms with E-state index >= 15 is 0 Å². The summed E-state index contributed by atoms with van der Waals surface area (Å²) in [7, 11) is 4.73. The van der Waals surface area contributed by atoms with Crippen molar-refractivity contribution in [3.05, 3.63) is 18.0 Å². The lowest BCUT2D eigenvalue weighted by atomic mass is 10.1. The molecule has 0 aliphatic heterocycles. The van der Waals surface area contributed by atoms with Gasteiger partial charge in [0.1, 0.15) is 5.69 Å². The molecule has 6 nitrogen and oxygen atoms in total. The zero-order chi connectivity index (χ0) is 13.9. The van der Waals surface area contributed by atoms with Gasteiger partial charge in [-0.3, -0.25) is 9.59 Å². The maximum Gasteiger partial charge on any atom is 0.310 e. The van der Waals surface area contributed by atoms with Crippen LogP contribution in [0.25, 0.3) is 0 Å². The summed E-state index contributed by atoms with van der Waals surface area (Å²) >= 11 is 0. The molecule has 100 valence electrons. The number of anilines is 1. The number of rotatable bonds is 4. The summed E-state index contributed by atoms with van der Waals surface area (Å²) in [4.78, 5) is 24.9. The number of carbonyl (C=O) groups excluding carboxylic acids is 2. The molecule has 0 fully saturated rings. The van der Waals surface area contributed by atoms with E-state index in [9.17, 15) is 9.59 Å². The van der Waals surface area contributed by atoms with Crippen LogP contribution in [-0.2, 0) is 16.6 Å². The summed E-state index contributed by atoms with van der Waals surface area (Å²) < 4.78 is 6.29. The third-order valence-corrected chi connectivity index (χ3v) is 2.74. The summed E-state index contributed by atoms with van der Waals surface area (Å²) in [5, 5.41) is 0. The molecular formula is C12H19N3O3. The van der Waals surface area contributed by atoms with Crippen molar-refractivity contribution in [2.24, 2.45) is 13.0 Å². The minimum atomic E-state index is -0.360. The first kappa shape index (κ1) is 14.1. The molecule has 0 bridgehead atoms. The van der Waals surface area contributed by atoms with Gasteiger partial charge in [-0.05, 0) is 6.07 Å². The van der Waals surface area contributed by atoms with Gasteiger partial charge < -0.3 is 19.9 Å². The Labute approximate surface area is 106 Å². The lowest BCUT2D eigenvalue weighted by molar-refractivity contribution is -0.145. The lowest BCUT2D eigenvalue weighted by Crippen LogP contribution is -2.35. The SMILES string of the molecule is COC(=O)C(C)CN(C)C(=O)c1cc(N)cn1C. The maximum absolute atomic E-state index is 12.1. The molecule has 0 aliphatic carbocycles. The zero-order valence-electron chi connectivity index (χ0n) is 11.1. The Hall–Kier alpha value is -1.98. The molecule has 6 heteroatoms. The van der Waals surface area contributed by atoms with Crippen LogP contribution in [0.1, 0.15) is 17.4 Å². The van der Waals surface area contributed by atoms with E-state index in [0.29, 0.717) is 17.9 Å². The lowest BCUT2D eigenvalue weighted by Gasteiger charge is -2.20. The number of carbonyl (C=O) groups is 2. The Balaban J connectivity index is 2.73. The van der Waals surface area contributed by atoms with Crippen LogP contribution in [0.5, 0.6) is 0 Å². The van der Waals surface area contributed by atoms with E-state index < -0.39 is 0 Å².